The number of thiophene rings is 1. The predicted octanol–water partition coefficient (Wildman–Crippen LogP) is 2.36. The summed E-state index contributed by atoms with van der Waals surface area (Å²) in [5.41, 5.74) is 0. The first-order valence-electron chi connectivity index (χ1n) is 6.69. The molecule has 2 heterocycles. The van der Waals surface area contributed by atoms with Crippen LogP contribution in [0.15, 0.2) is 17.5 Å². The van der Waals surface area contributed by atoms with Crippen molar-refractivity contribution in [2.75, 3.05) is 19.8 Å². The Labute approximate surface area is 113 Å². The summed E-state index contributed by atoms with van der Waals surface area (Å²) in [6.07, 6.45) is 0.568. The summed E-state index contributed by atoms with van der Waals surface area (Å²) in [5, 5.41) is 12.1. The number of rotatable bonds is 5. The molecule has 102 valence electrons. The Morgan fingerprint density at radius 3 is 3.00 bits per heavy atom. The largest absolute Gasteiger partial charge is 0.393 e. The smallest absolute Gasteiger partial charge is 0.0624 e. The maximum atomic E-state index is 10.0. The van der Waals surface area contributed by atoms with Crippen LogP contribution in [-0.2, 0) is 11.3 Å². The molecule has 0 amide bonds. The number of ether oxygens (including phenoxy) is 1. The minimum absolute atomic E-state index is 0.205. The van der Waals surface area contributed by atoms with Crippen LogP contribution >= 0.6 is 11.3 Å². The van der Waals surface area contributed by atoms with Crippen LogP contribution in [0.5, 0.6) is 0 Å². The summed E-state index contributed by atoms with van der Waals surface area (Å²) in [7, 11) is 0. The number of hydrogen-bond acceptors (Lipinski definition) is 4. The van der Waals surface area contributed by atoms with Crippen molar-refractivity contribution in [1.29, 1.82) is 0 Å². The lowest BCUT2D eigenvalue weighted by atomic mass is 9.97. The van der Waals surface area contributed by atoms with Crippen molar-refractivity contribution >= 4 is 11.3 Å². The minimum Gasteiger partial charge on any atom is -0.393 e. The van der Waals surface area contributed by atoms with E-state index in [1.165, 1.54) is 4.88 Å². The summed E-state index contributed by atoms with van der Waals surface area (Å²) in [6.45, 7) is 7.70. The third-order valence-corrected chi connectivity index (χ3v) is 4.43. The quantitative estimate of drug-likeness (QED) is 0.890. The molecule has 1 aromatic rings. The molecule has 4 heteroatoms. The second kappa shape index (κ2) is 6.66. The first-order chi connectivity index (χ1) is 8.66. The molecule has 2 unspecified atom stereocenters. The molecule has 2 atom stereocenters. The number of nitrogens with zero attached hydrogens (tertiary/aromatic N) is 1. The van der Waals surface area contributed by atoms with Gasteiger partial charge in [-0.25, -0.2) is 0 Å². The molecule has 2 rings (SSSR count). The summed E-state index contributed by atoms with van der Waals surface area (Å²) in [5.74, 6) is 0.251. The zero-order valence-electron chi connectivity index (χ0n) is 11.2. The summed E-state index contributed by atoms with van der Waals surface area (Å²) < 4.78 is 5.48. The highest BCUT2D eigenvalue weighted by Gasteiger charge is 2.26. The van der Waals surface area contributed by atoms with Crippen LogP contribution in [-0.4, -0.2) is 41.9 Å². The van der Waals surface area contributed by atoms with E-state index in [1.807, 2.05) is 0 Å². The van der Waals surface area contributed by atoms with E-state index in [9.17, 15) is 5.11 Å². The van der Waals surface area contributed by atoms with Crippen LogP contribution in [0.3, 0.4) is 0 Å². The maximum Gasteiger partial charge on any atom is 0.0624 e. The standard InChI is InChI=1S/C14H23NO2S/c1-11(2)15(9-13-4-3-7-18-13)8-12-10-17-6-5-14(12)16/h3-4,7,11-12,14,16H,5-6,8-10H2,1-2H3. The number of aliphatic hydroxyl groups excluding tert-OH is 1. The molecule has 0 radical (unpaired) electrons. The highest BCUT2D eigenvalue weighted by atomic mass is 32.1. The van der Waals surface area contributed by atoms with E-state index in [0.29, 0.717) is 19.3 Å². The maximum absolute atomic E-state index is 10.0. The van der Waals surface area contributed by atoms with Gasteiger partial charge >= 0.3 is 0 Å². The molecule has 1 N–H and O–H groups in total. The van der Waals surface area contributed by atoms with Gasteiger partial charge in [0.2, 0.25) is 0 Å². The van der Waals surface area contributed by atoms with Crippen LogP contribution in [0.25, 0.3) is 0 Å². The predicted molar refractivity (Wildman–Crippen MR) is 74.8 cm³/mol. The molecular formula is C14H23NO2S. The van der Waals surface area contributed by atoms with Crippen LogP contribution in [0.2, 0.25) is 0 Å². The van der Waals surface area contributed by atoms with Crippen LogP contribution in [0, 0.1) is 5.92 Å². The van der Waals surface area contributed by atoms with Gasteiger partial charge in [0.25, 0.3) is 0 Å². The van der Waals surface area contributed by atoms with Gasteiger partial charge < -0.3 is 9.84 Å². The fourth-order valence-electron chi connectivity index (χ4n) is 2.32. The summed E-state index contributed by atoms with van der Waals surface area (Å²) in [6, 6.07) is 4.76. The van der Waals surface area contributed by atoms with Gasteiger partial charge in [-0.2, -0.15) is 0 Å². The molecule has 3 nitrogen and oxygen atoms in total. The Bertz CT molecular complexity index is 340. The van der Waals surface area contributed by atoms with E-state index in [0.717, 1.165) is 19.5 Å². The first-order valence-corrected chi connectivity index (χ1v) is 7.57. The monoisotopic (exact) mass is 269 g/mol. The number of aliphatic hydroxyl groups is 1. The third-order valence-electron chi connectivity index (χ3n) is 3.57. The van der Waals surface area contributed by atoms with E-state index in [4.69, 9.17) is 4.74 Å². The van der Waals surface area contributed by atoms with E-state index in [-0.39, 0.29) is 12.0 Å². The normalized spacial score (nSPS) is 24.9. The van der Waals surface area contributed by atoms with Crippen LogP contribution < -0.4 is 0 Å². The van der Waals surface area contributed by atoms with Crippen molar-refractivity contribution in [1.82, 2.24) is 4.90 Å². The molecule has 1 aliphatic rings. The Morgan fingerprint density at radius 2 is 2.39 bits per heavy atom. The van der Waals surface area contributed by atoms with Crippen LogP contribution in [0.4, 0.5) is 0 Å². The van der Waals surface area contributed by atoms with Gasteiger partial charge in [0.05, 0.1) is 12.7 Å². The third kappa shape index (κ3) is 3.79. The molecule has 1 aliphatic heterocycles. The Kier molecular flexibility index (Phi) is 5.18. The molecule has 1 aromatic heterocycles. The lowest BCUT2D eigenvalue weighted by molar-refractivity contribution is -0.0502. The van der Waals surface area contributed by atoms with E-state index < -0.39 is 0 Å². The second-order valence-electron chi connectivity index (χ2n) is 5.29. The van der Waals surface area contributed by atoms with Gasteiger partial charge in [-0.15, -0.1) is 11.3 Å². The zero-order chi connectivity index (χ0) is 13.0. The molecular weight excluding hydrogens is 246 g/mol. The highest BCUT2D eigenvalue weighted by Crippen LogP contribution is 2.20. The summed E-state index contributed by atoms with van der Waals surface area (Å²) >= 11 is 1.80. The number of hydrogen-bond donors (Lipinski definition) is 1. The van der Waals surface area contributed by atoms with Crippen molar-refractivity contribution < 1.29 is 9.84 Å². The van der Waals surface area contributed by atoms with Gasteiger partial charge in [-0.1, -0.05) is 6.07 Å². The molecule has 1 saturated heterocycles. The Morgan fingerprint density at radius 1 is 1.56 bits per heavy atom. The molecule has 18 heavy (non-hydrogen) atoms. The minimum atomic E-state index is -0.205. The van der Waals surface area contributed by atoms with Gasteiger partial charge in [0, 0.05) is 36.5 Å². The van der Waals surface area contributed by atoms with Crippen molar-refractivity contribution in [3.8, 4) is 0 Å². The molecule has 0 saturated carbocycles. The second-order valence-corrected chi connectivity index (χ2v) is 6.33. The SMILES string of the molecule is CC(C)N(Cc1cccs1)CC1COCCC1O. The van der Waals surface area contributed by atoms with Gasteiger partial charge in [-0.05, 0) is 31.7 Å². The van der Waals surface area contributed by atoms with Gasteiger partial charge in [0.1, 0.15) is 0 Å². The van der Waals surface area contributed by atoms with Gasteiger partial charge in [-0.3, -0.25) is 4.90 Å². The zero-order valence-corrected chi connectivity index (χ0v) is 12.0. The molecule has 0 spiro atoms. The molecule has 0 bridgehead atoms. The lowest BCUT2D eigenvalue weighted by Crippen LogP contribution is -2.43. The Hall–Kier alpha value is -0.420. The van der Waals surface area contributed by atoms with Crippen molar-refractivity contribution in [2.45, 2.75) is 39.0 Å². The Balaban J connectivity index is 1.93. The molecule has 0 aliphatic carbocycles. The average molecular weight is 269 g/mol. The van der Waals surface area contributed by atoms with Gasteiger partial charge in [0.15, 0.2) is 0 Å². The topological polar surface area (TPSA) is 32.7 Å². The summed E-state index contributed by atoms with van der Waals surface area (Å²) in [4.78, 5) is 3.81. The lowest BCUT2D eigenvalue weighted by Gasteiger charge is -2.34. The fourth-order valence-corrected chi connectivity index (χ4v) is 3.05. The van der Waals surface area contributed by atoms with E-state index in [2.05, 4.69) is 36.3 Å². The van der Waals surface area contributed by atoms with E-state index >= 15 is 0 Å². The van der Waals surface area contributed by atoms with Crippen LogP contribution in [0.1, 0.15) is 25.1 Å². The average Bonchev–Trinajstić information content (AvgIpc) is 2.83. The van der Waals surface area contributed by atoms with Crippen molar-refractivity contribution in [3.63, 3.8) is 0 Å². The first kappa shape index (κ1) is 14.0. The molecule has 1 fully saturated rings. The van der Waals surface area contributed by atoms with E-state index in [1.54, 1.807) is 11.3 Å². The molecule has 0 aromatic carbocycles. The van der Waals surface area contributed by atoms with Crippen molar-refractivity contribution in [2.24, 2.45) is 5.92 Å². The highest BCUT2D eigenvalue weighted by molar-refractivity contribution is 7.09. The fraction of sp³-hybridized carbons (Fsp3) is 0.714. The van der Waals surface area contributed by atoms with Crippen molar-refractivity contribution in [3.05, 3.63) is 22.4 Å².